The molecule has 3 atom stereocenters. The highest BCUT2D eigenvalue weighted by molar-refractivity contribution is 5.99. The summed E-state index contributed by atoms with van der Waals surface area (Å²) in [5.41, 5.74) is 0.844. The average Bonchev–Trinajstić information content (AvgIpc) is 3.09. The molecule has 5 heterocycles. The zero-order valence-electron chi connectivity index (χ0n) is 15.2. The second-order valence-corrected chi connectivity index (χ2v) is 7.68. The van der Waals surface area contributed by atoms with Gasteiger partial charge in [-0.25, -0.2) is 18.9 Å². The molecule has 9 nitrogen and oxygen atoms in total. The fourth-order valence-electron chi connectivity index (χ4n) is 4.72. The molecule has 148 valence electrons. The SMILES string of the molecule is O=C1NC(O)COc2ncc(F)cc2[C@@]23C[C@@H]2CCN3c2ccn3ncc1c3n2. The number of nitrogens with one attached hydrogen (secondary N) is 1. The molecule has 1 unspecified atom stereocenters. The molecule has 3 aromatic heterocycles. The fraction of sp³-hybridized carbons (Fsp3) is 0.368. The van der Waals surface area contributed by atoms with Gasteiger partial charge >= 0.3 is 0 Å². The van der Waals surface area contributed by atoms with E-state index in [0.717, 1.165) is 25.6 Å². The quantitative estimate of drug-likeness (QED) is 0.580. The molecule has 2 fully saturated rings. The molecule has 2 bridgehead atoms. The first-order valence-electron chi connectivity index (χ1n) is 9.46. The zero-order valence-corrected chi connectivity index (χ0v) is 15.2. The molecule has 6 rings (SSSR count). The van der Waals surface area contributed by atoms with Gasteiger partial charge in [0.05, 0.1) is 17.9 Å². The van der Waals surface area contributed by atoms with Crippen molar-refractivity contribution < 1.29 is 19.0 Å². The topological polar surface area (TPSA) is 105 Å². The first-order valence-corrected chi connectivity index (χ1v) is 9.46. The number of carbonyl (C=O) groups excluding carboxylic acids is 1. The lowest BCUT2D eigenvalue weighted by Crippen LogP contribution is -2.39. The second kappa shape index (κ2) is 5.63. The van der Waals surface area contributed by atoms with Gasteiger partial charge in [0.25, 0.3) is 5.91 Å². The number of carbonyl (C=O) groups is 1. The summed E-state index contributed by atoms with van der Waals surface area (Å²) >= 11 is 0. The Morgan fingerprint density at radius 3 is 3.14 bits per heavy atom. The standard InChI is InChI=1S/C19H17FN6O3/c20-11-5-13-18(21-7-11)29-9-15(27)24-17(28)12-8-22-26-4-2-14(23-16(12)26)25-3-1-10-6-19(10,13)25/h2,4-5,7-8,10,15,27H,1,3,6,9H2,(H,24,28)/t10-,15?,19+/m0/s1. The van der Waals surface area contributed by atoms with Crippen molar-refractivity contribution >= 4 is 17.4 Å². The zero-order chi connectivity index (χ0) is 19.8. The van der Waals surface area contributed by atoms with Gasteiger partial charge in [0.2, 0.25) is 5.88 Å². The van der Waals surface area contributed by atoms with Crippen molar-refractivity contribution in [1.29, 1.82) is 0 Å². The number of halogens is 1. The Balaban J connectivity index is 1.57. The fourth-order valence-corrected chi connectivity index (χ4v) is 4.72. The normalized spacial score (nSPS) is 27.8. The van der Waals surface area contributed by atoms with Gasteiger partial charge in [0, 0.05) is 18.3 Å². The third-order valence-electron chi connectivity index (χ3n) is 6.09. The van der Waals surface area contributed by atoms with Gasteiger partial charge in [-0.2, -0.15) is 5.10 Å². The molecule has 0 radical (unpaired) electrons. The first-order chi connectivity index (χ1) is 14.1. The minimum absolute atomic E-state index is 0.215. The highest BCUT2D eigenvalue weighted by Gasteiger charge is 2.65. The van der Waals surface area contributed by atoms with E-state index in [1.165, 1.54) is 16.8 Å². The van der Waals surface area contributed by atoms with E-state index in [0.29, 0.717) is 22.9 Å². The summed E-state index contributed by atoms with van der Waals surface area (Å²) in [4.78, 5) is 23.6. The monoisotopic (exact) mass is 396 g/mol. The van der Waals surface area contributed by atoms with Crippen molar-refractivity contribution in [2.75, 3.05) is 18.1 Å². The van der Waals surface area contributed by atoms with E-state index in [2.05, 4.69) is 20.3 Å². The van der Waals surface area contributed by atoms with Crippen LogP contribution in [0.2, 0.25) is 0 Å². The van der Waals surface area contributed by atoms with Crippen molar-refractivity contribution in [3.8, 4) is 5.88 Å². The Hall–Kier alpha value is -3.27. The Morgan fingerprint density at radius 2 is 2.28 bits per heavy atom. The van der Waals surface area contributed by atoms with Crippen LogP contribution in [0.15, 0.2) is 30.7 Å². The summed E-state index contributed by atoms with van der Waals surface area (Å²) in [6, 6.07) is 3.29. The number of fused-ring (bicyclic) bond motifs is 3. The minimum atomic E-state index is -1.27. The molecular formula is C19H17FN6O3. The van der Waals surface area contributed by atoms with Crippen LogP contribution in [0.4, 0.5) is 10.2 Å². The number of rotatable bonds is 0. The predicted molar refractivity (Wildman–Crippen MR) is 97.9 cm³/mol. The van der Waals surface area contributed by atoms with E-state index in [-0.39, 0.29) is 18.1 Å². The van der Waals surface area contributed by atoms with E-state index in [9.17, 15) is 14.3 Å². The lowest BCUT2D eigenvalue weighted by Gasteiger charge is -2.30. The maximum absolute atomic E-state index is 14.1. The van der Waals surface area contributed by atoms with E-state index >= 15 is 0 Å². The molecule has 10 heteroatoms. The highest BCUT2D eigenvalue weighted by Crippen LogP contribution is 2.64. The summed E-state index contributed by atoms with van der Waals surface area (Å²) < 4.78 is 21.4. The van der Waals surface area contributed by atoms with Gasteiger partial charge in [-0.05, 0) is 30.9 Å². The van der Waals surface area contributed by atoms with Crippen LogP contribution in [0.1, 0.15) is 28.8 Å². The number of nitrogens with zero attached hydrogens (tertiary/aromatic N) is 5. The Bertz CT molecular complexity index is 1170. The highest BCUT2D eigenvalue weighted by atomic mass is 19.1. The summed E-state index contributed by atoms with van der Waals surface area (Å²) in [6.07, 6.45) is 4.77. The lowest BCUT2D eigenvalue weighted by atomic mass is 10.0. The van der Waals surface area contributed by atoms with Gasteiger partial charge in [0.15, 0.2) is 11.9 Å². The molecular weight excluding hydrogens is 379 g/mol. The predicted octanol–water partition coefficient (Wildman–Crippen LogP) is 0.829. The molecule has 1 saturated heterocycles. The number of amides is 1. The number of aliphatic hydroxyl groups is 1. The average molecular weight is 396 g/mol. The maximum Gasteiger partial charge on any atom is 0.258 e. The molecule has 1 saturated carbocycles. The van der Waals surface area contributed by atoms with Gasteiger partial charge in [-0.1, -0.05) is 0 Å². The van der Waals surface area contributed by atoms with E-state index in [4.69, 9.17) is 9.72 Å². The van der Waals surface area contributed by atoms with Gasteiger partial charge in [0.1, 0.15) is 23.8 Å². The summed E-state index contributed by atoms with van der Waals surface area (Å²) in [7, 11) is 0. The van der Waals surface area contributed by atoms with Crippen LogP contribution in [0.25, 0.3) is 5.65 Å². The van der Waals surface area contributed by atoms with Crippen LogP contribution < -0.4 is 15.0 Å². The summed E-state index contributed by atoms with van der Waals surface area (Å²) in [6.45, 7) is 0.537. The van der Waals surface area contributed by atoms with Crippen LogP contribution in [0, 0.1) is 11.7 Å². The smallest absolute Gasteiger partial charge is 0.258 e. The Morgan fingerprint density at radius 1 is 1.38 bits per heavy atom. The van der Waals surface area contributed by atoms with E-state index < -0.39 is 23.5 Å². The molecule has 1 spiro atoms. The molecule has 1 amide bonds. The number of hydrogen-bond donors (Lipinski definition) is 2. The molecule has 1 aliphatic carbocycles. The molecule has 0 aromatic carbocycles. The molecule has 29 heavy (non-hydrogen) atoms. The minimum Gasteiger partial charge on any atom is -0.473 e. The third-order valence-corrected chi connectivity index (χ3v) is 6.09. The van der Waals surface area contributed by atoms with Crippen LogP contribution in [0.3, 0.4) is 0 Å². The number of anilines is 1. The Kier molecular flexibility index (Phi) is 3.24. The number of piperidine rings is 1. The van der Waals surface area contributed by atoms with E-state index in [1.54, 1.807) is 6.20 Å². The molecule has 3 aromatic rings. The van der Waals surface area contributed by atoms with Crippen molar-refractivity contribution in [3.63, 3.8) is 0 Å². The Labute approximate surface area is 164 Å². The number of pyridine rings is 1. The van der Waals surface area contributed by atoms with Crippen LogP contribution in [0.5, 0.6) is 5.88 Å². The van der Waals surface area contributed by atoms with Gasteiger partial charge in [-0.3, -0.25) is 4.79 Å². The van der Waals surface area contributed by atoms with Crippen LogP contribution >= 0.6 is 0 Å². The third kappa shape index (κ3) is 2.29. The van der Waals surface area contributed by atoms with Crippen molar-refractivity contribution in [2.45, 2.75) is 24.6 Å². The largest absolute Gasteiger partial charge is 0.473 e. The summed E-state index contributed by atoms with van der Waals surface area (Å²) in [5.74, 6) is 0.330. The lowest BCUT2D eigenvalue weighted by molar-refractivity contribution is 0.0594. The molecule has 2 N–H and O–H groups in total. The van der Waals surface area contributed by atoms with Crippen molar-refractivity contribution in [2.24, 2.45) is 5.92 Å². The second-order valence-electron chi connectivity index (χ2n) is 7.68. The van der Waals surface area contributed by atoms with Crippen molar-refractivity contribution in [1.82, 2.24) is 24.9 Å². The number of aliphatic hydroxyl groups excluding tert-OH is 1. The number of ether oxygens (including phenoxy) is 1. The van der Waals surface area contributed by atoms with E-state index in [1.807, 2.05) is 6.07 Å². The first kappa shape index (κ1) is 16.7. The van der Waals surface area contributed by atoms with Gasteiger partial charge in [-0.15, -0.1) is 0 Å². The van der Waals surface area contributed by atoms with Gasteiger partial charge < -0.3 is 20.1 Å². The molecule has 3 aliphatic rings. The molecule has 2 aliphatic heterocycles. The number of hydrogen-bond acceptors (Lipinski definition) is 7. The maximum atomic E-state index is 14.1. The van der Waals surface area contributed by atoms with Crippen LogP contribution in [-0.4, -0.2) is 50.0 Å². The number of aromatic nitrogens is 4. The summed E-state index contributed by atoms with van der Waals surface area (Å²) in [5, 5.41) is 16.9. The van der Waals surface area contributed by atoms with Crippen LogP contribution in [-0.2, 0) is 5.54 Å². The van der Waals surface area contributed by atoms with Crippen molar-refractivity contribution in [3.05, 3.63) is 47.7 Å².